The van der Waals surface area contributed by atoms with Crippen molar-refractivity contribution >= 4 is 17.5 Å². The van der Waals surface area contributed by atoms with E-state index in [4.69, 9.17) is 4.74 Å². The summed E-state index contributed by atoms with van der Waals surface area (Å²) in [5.41, 5.74) is -1.01. The average Bonchev–Trinajstić information content (AvgIpc) is 2.82. The second-order valence-corrected chi connectivity index (χ2v) is 13.9. The maximum absolute atomic E-state index is 14.3. The molecule has 3 fully saturated rings. The summed E-state index contributed by atoms with van der Waals surface area (Å²) < 4.78 is 5.37. The highest BCUT2D eigenvalue weighted by atomic mass is 16.5. The third kappa shape index (κ3) is 2.85. The van der Waals surface area contributed by atoms with Crippen LogP contribution in [0.4, 0.5) is 0 Å². The molecule has 5 aliphatic carbocycles. The number of nitriles is 1. The zero-order valence-electron chi connectivity index (χ0n) is 23.0. The fraction of sp³-hybridized carbons (Fsp3) is 0.742. The fourth-order valence-corrected chi connectivity index (χ4v) is 10.0. The molecule has 5 nitrogen and oxygen atoms in total. The number of nitrogens with zero attached hydrogens (tertiary/aromatic N) is 1. The number of rotatable bonds is 1. The number of ketones is 2. The Bertz CT molecular complexity index is 1160. The van der Waals surface area contributed by atoms with E-state index in [1.54, 1.807) is 0 Å². The number of hydrogen-bond donors (Lipinski definition) is 0. The molecule has 0 N–H and O–H groups in total. The smallest absolute Gasteiger partial charge is 0.312 e. The largest absolute Gasteiger partial charge is 0.469 e. The van der Waals surface area contributed by atoms with E-state index in [1.165, 1.54) is 7.11 Å². The molecule has 0 amide bonds. The van der Waals surface area contributed by atoms with E-state index in [1.807, 2.05) is 26.0 Å². The molecule has 2 unspecified atom stereocenters. The van der Waals surface area contributed by atoms with E-state index < -0.39 is 16.2 Å². The Labute approximate surface area is 215 Å². The van der Waals surface area contributed by atoms with Crippen molar-refractivity contribution in [1.29, 1.82) is 5.26 Å². The predicted octanol–water partition coefficient (Wildman–Crippen LogP) is 5.99. The lowest BCUT2D eigenvalue weighted by molar-refractivity contribution is -0.187. The maximum Gasteiger partial charge on any atom is 0.312 e. The van der Waals surface area contributed by atoms with E-state index in [-0.39, 0.29) is 51.7 Å². The molecule has 0 spiro atoms. The number of ether oxygens (including phenoxy) is 1. The molecule has 0 aliphatic heterocycles. The van der Waals surface area contributed by atoms with Crippen LogP contribution in [0.3, 0.4) is 0 Å². The van der Waals surface area contributed by atoms with Gasteiger partial charge in [0.15, 0.2) is 11.6 Å². The minimum Gasteiger partial charge on any atom is -0.469 e. The van der Waals surface area contributed by atoms with Crippen LogP contribution < -0.4 is 0 Å². The summed E-state index contributed by atoms with van der Waals surface area (Å²) in [4.78, 5) is 40.7. The summed E-state index contributed by atoms with van der Waals surface area (Å²) in [6.07, 6.45) is 9.77. The van der Waals surface area contributed by atoms with Gasteiger partial charge in [0.25, 0.3) is 0 Å². The third-order valence-corrected chi connectivity index (χ3v) is 12.2. The average molecular weight is 492 g/mol. The van der Waals surface area contributed by atoms with Crippen LogP contribution in [0.2, 0.25) is 0 Å². The van der Waals surface area contributed by atoms with E-state index >= 15 is 0 Å². The van der Waals surface area contributed by atoms with Gasteiger partial charge >= 0.3 is 5.97 Å². The number of allylic oxidation sites excluding steroid dienone is 4. The quantitative estimate of drug-likeness (QED) is 0.421. The van der Waals surface area contributed by atoms with Gasteiger partial charge in [0.05, 0.1) is 18.1 Å². The van der Waals surface area contributed by atoms with Gasteiger partial charge in [0.1, 0.15) is 6.07 Å². The van der Waals surface area contributed by atoms with Crippen LogP contribution in [0.25, 0.3) is 0 Å². The molecule has 0 heterocycles. The first-order valence-corrected chi connectivity index (χ1v) is 13.8. The van der Waals surface area contributed by atoms with Crippen LogP contribution in [0.15, 0.2) is 23.3 Å². The highest BCUT2D eigenvalue weighted by Gasteiger charge is 2.70. The Balaban J connectivity index is 1.70. The fourth-order valence-electron chi connectivity index (χ4n) is 10.0. The van der Waals surface area contributed by atoms with E-state index in [0.29, 0.717) is 5.92 Å². The lowest BCUT2D eigenvalue weighted by atomic mass is 9.34. The van der Waals surface area contributed by atoms with E-state index in [2.05, 4.69) is 33.8 Å². The van der Waals surface area contributed by atoms with Crippen molar-refractivity contribution in [3.63, 3.8) is 0 Å². The van der Waals surface area contributed by atoms with Crippen LogP contribution in [-0.4, -0.2) is 24.6 Å². The summed E-state index contributed by atoms with van der Waals surface area (Å²) in [6.45, 7) is 12.9. The predicted molar refractivity (Wildman–Crippen MR) is 136 cm³/mol. The molecule has 0 saturated heterocycles. The Morgan fingerprint density at radius 1 is 1.06 bits per heavy atom. The first kappa shape index (κ1) is 25.4. The van der Waals surface area contributed by atoms with Crippen molar-refractivity contribution < 1.29 is 19.1 Å². The Morgan fingerprint density at radius 3 is 2.39 bits per heavy atom. The maximum atomic E-state index is 14.3. The lowest BCUT2D eigenvalue weighted by Gasteiger charge is -2.68. The molecule has 0 radical (unpaired) electrons. The number of carbonyl (C=O) groups excluding carboxylic acids is 3. The van der Waals surface area contributed by atoms with Gasteiger partial charge in [-0.3, -0.25) is 14.4 Å². The molecule has 8 atom stereocenters. The zero-order valence-corrected chi connectivity index (χ0v) is 23.0. The minimum absolute atomic E-state index is 0.0188. The van der Waals surface area contributed by atoms with Crippen molar-refractivity contribution in [3.8, 4) is 6.07 Å². The van der Waals surface area contributed by atoms with Crippen LogP contribution in [0.5, 0.6) is 0 Å². The van der Waals surface area contributed by atoms with Gasteiger partial charge in [-0.2, -0.15) is 5.26 Å². The van der Waals surface area contributed by atoms with Crippen molar-refractivity contribution in [2.24, 2.45) is 50.7 Å². The summed E-state index contributed by atoms with van der Waals surface area (Å²) in [5.74, 6) is 0.170. The summed E-state index contributed by atoms with van der Waals surface area (Å²) in [5, 5.41) is 9.84. The first-order valence-electron chi connectivity index (χ1n) is 13.8. The van der Waals surface area contributed by atoms with Gasteiger partial charge < -0.3 is 4.74 Å². The van der Waals surface area contributed by atoms with Crippen molar-refractivity contribution in [2.45, 2.75) is 86.5 Å². The van der Waals surface area contributed by atoms with Crippen LogP contribution in [0.1, 0.15) is 86.5 Å². The van der Waals surface area contributed by atoms with Gasteiger partial charge in [0.2, 0.25) is 0 Å². The molecular formula is C31H41NO4. The van der Waals surface area contributed by atoms with Gasteiger partial charge in [-0.05, 0) is 79.6 Å². The van der Waals surface area contributed by atoms with E-state index in [0.717, 1.165) is 50.5 Å². The van der Waals surface area contributed by atoms with Crippen molar-refractivity contribution in [1.82, 2.24) is 0 Å². The van der Waals surface area contributed by atoms with E-state index in [9.17, 15) is 19.6 Å². The molecule has 5 rings (SSSR count). The first-order chi connectivity index (χ1) is 16.7. The van der Waals surface area contributed by atoms with Crippen LogP contribution in [0, 0.1) is 62.1 Å². The monoisotopic (exact) mass is 491 g/mol. The van der Waals surface area contributed by atoms with Crippen LogP contribution in [-0.2, 0) is 19.1 Å². The normalized spacial score (nSPS) is 47.2. The van der Waals surface area contributed by atoms with Crippen LogP contribution >= 0.6 is 0 Å². The Hall–Kier alpha value is -2.22. The molecule has 3 saturated carbocycles. The van der Waals surface area contributed by atoms with Gasteiger partial charge in [-0.1, -0.05) is 53.2 Å². The summed E-state index contributed by atoms with van der Waals surface area (Å²) in [6, 6.07) is 2.17. The SMILES string of the molecule is COC(=O)[C@]12CC[C@H](C)CC1C1C(=O)C=C3[C@@]4(C)C=C(C#N)C(=O)C(C)(C)[C@@H]4CC[C@@]3(C)[C@]1(C)CC2. The molecule has 0 aromatic carbocycles. The second-order valence-electron chi connectivity index (χ2n) is 13.9. The number of esters is 1. The third-order valence-electron chi connectivity index (χ3n) is 12.2. The Kier molecular flexibility index (Phi) is 5.40. The highest BCUT2D eigenvalue weighted by molar-refractivity contribution is 6.04. The summed E-state index contributed by atoms with van der Waals surface area (Å²) >= 11 is 0. The lowest BCUT2D eigenvalue weighted by Crippen LogP contribution is -2.65. The van der Waals surface area contributed by atoms with Crippen molar-refractivity contribution in [2.75, 3.05) is 7.11 Å². The molecule has 36 heavy (non-hydrogen) atoms. The molecule has 5 heteroatoms. The highest BCUT2D eigenvalue weighted by Crippen LogP contribution is 2.74. The second kappa shape index (κ2) is 7.65. The molecule has 5 aliphatic rings. The number of methoxy groups -OCH3 is 1. The molecule has 194 valence electrons. The molecule has 0 aromatic heterocycles. The molecular weight excluding hydrogens is 450 g/mol. The molecule has 0 bridgehead atoms. The number of fused-ring (bicyclic) bond motifs is 7. The number of Topliss-reactive ketones (excluding diaryl/α,β-unsaturated/α-hetero) is 1. The van der Waals surface area contributed by atoms with Gasteiger partial charge in [-0.15, -0.1) is 0 Å². The molecule has 0 aromatic rings. The topological polar surface area (TPSA) is 84.2 Å². The Morgan fingerprint density at radius 2 is 1.75 bits per heavy atom. The minimum atomic E-state index is -0.664. The van der Waals surface area contributed by atoms with Gasteiger partial charge in [0, 0.05) is 16.7 Å². The number of carbonyl (C=O) groups is 3. The van der Waals surface area contributed by atoms with Crippen molar-refractivity contribution in [3.05, 3.63) is 23.3 Å². The summed E-state index contributed by atoms with van der Waals surface area (Å²) in [7, 11) is 1.48. The standard InChI is InChI=1S/C31H41NO4/c1-18-8-11-31(26(35)36-7)13-12-30(6)24(20(31)14-18)21(33)15-23-28(4)16-19(17-32)25(34)27(2,3)22(28)9-10-29(23,30)5/h15-16,18,20,22,24H,8-14H2,1-7H3/t18-,20?,22-,24?,28-,29+,30+,31-/m0/s1. The zero-order chi connectivity index (χ0) is 26.5. The van der Waals surface area contributed by atoms with Gasteiger partial charge in [-0.25, -0.2) is 0 Å². The number of hydrogen-bond acceptors (Lipinski definition) is 5.